The molecule has 0 aliphatic carbocycles. The molecular weight excluding hydrogens is 188 g/mol. The number of rotatable bonds is 6. The molecule has 0 saturated carbocycles. The Labute approximate surface area is 91.9 Å². The van der Waals surface area contributed by atoms with E-state index in [-0.39, 0.29) is 6.61 Å². The zero-order chi connectivity index (χ0) is 11.1. The van der Waals surface area contributed by atoms with Gasteiger partial charge in [0.15, 0.2) is 0 Å². The van der Waals surface area contributed by atoms with E-state index in [1.54, 1.807) is 0 Å². The van der Waals surface area contributed by atoms with E-state index in [1.807, 2.05) is 18.2 Å². The van der Waals surface area contributed by atoms with Crippen LogP contribution in [0.5, 0.6) is 5.75 Å². The minimum absolute atomic E-state index is 0.0671. The third-order valence-electron chi connectivity index (χ3n) is 2.59. The van der Waals surface area contributed by atoms with Crippen molar-refractivity contribution in [1.29, 1.82) is 0 Å². The number of para-hydroxylation sites is 1. The summed E-state index contributed by atoms with van der Waals surface area (Å²) in [5, 5.41) is 8.72. The third kappa shape index (κ3) is 3.92. The molecule has 0 heterocycles. The molecule has 0 aliphatic rings. The molecule has 2 nitrogen and oxygen atoms in total. The van der Waals surface area contributed by atoms with E-state index >= 15 is 0 Å². The van der Waals surface area contributed by atoms with Crippen LogP contribution in [-0.4, -0.2) is 18.3 Å². The highest BCUT2D eigenvalue weighted by atomic mass is 16.5. The summed E-state index contributed by atoms with van der Waals surface area (Å²) in [5.41, 5.74) is 1.24. The predicted octanol–water partition coefficient (Wildman–Crippen LogP) is 2.65. The van der Waals surface area contributed by atoms with Crippen LogP contribution >= 0.6 is 0 Å². The topological polar surface area (TPSA) is 29.5 Å². The van der Waals surface area contributed by atoms with E-state index < -0.39 is 0 Å². The molecule has 0 spiro atoms. The molecule has 1 aromatic rings. The highest BCUT2D eigenvalue weighted by Gasteiger charge is 2.06. The Kier molecular flexibility index (Phi) is 5.19. The Bertz CT molecular complexity index is 284. The standard InChI is InChI=1S/C13H20O2/c1-3-11(2)10-12-6-4-5-7-13(12)15-9-8-14/h4-7,11,14H,3,8-10H2,1-2H3/t11-/m0/s1. The Morgan fingerprint density at radius 2 is 2.07 bits per heavy atom. The molecule has 0 saturated heterocycles. The normalized spacial score (nSPS) is 12.5. The number of hydrogen-bond acceptors (Lipinski definition) is 2. The third-order valence-corrected chi connectivity index (χ3v) is 2.59. The van der Waals surface area contributed by atoms with Crippen LogP contribution in [0.1, 0.15) is 25.8 Å². The average Bonchev–Trinajstić information content (AvgIpc) is 2.28. The van der Waals surface area contributed by atoms with Crippen LogP contribution < -0.4 is 4.74 Å². The molecule has 0 unspecified atom stereocenters. The first kappa shape index (κ1) is 12.1. The van der Waals surface area contributed by atoms with Crippen LogP contribution in [0.2, 0.25) is 0 Å². The number of aliphatic hydroxyl groups is 1. The summed E-state index contributed by atoms with van der Waals surface area (Å²) in [4.78, 5) is 0. The molecule has 2 heteroatoms. The van der Waals surface area contributed by atoms with E-state index in [0.717, 1.165) is 12.2 Å². The van der Waals surface area contributed by atoms with Gasteiger partial charge in [-0.1, -0.05) is 38.5 Å². The van der Waals surface area contributed by atoms with Gasteiger partial charge in [0.1, 0.15) is 12.4 Å². The zero-order valence-electron chi connectivity index (χ0n) is 9.57. The van der Waals surface area contributed by atoms with Crippen molar-refractivity contribution in [2.75, 3.05) is 13.2 Å². The van der Waals surface area contributed by atoms with Crippen LogP contribution in [0, 0.1) is 5.92 Å². The number of hydrogen-bond donors (Lipinski definition) is 1. The van der Waals surface area contributed by atoms with Crippen LogP contribution in [-0.2, 0) is 6.42 Å². The smallest absolute Gasteiger partial charge is 0.122 e. The van der Waals surface area contributed by atoms with Gasteiger partial charge in [-0.3, -0.25) is 0 Å². The van der Waals surface area contributed by atoms with E-state index in [1.165, 1.54) is 12.0 Å². The maximum atomic E-state index is 8.72. The molecule has 84 valence electrons. The monoisotopic (exact) mass is 208 g/mol. The van der Waals surface area contributed by atoms with Crippen molar-refractivity contribution in [1.82, 2.24) is 0 Å². The molecule has 0 amide bonds. The van der Waals surface area contributed by atoms with Crippen LogP contribution in [0.25, 0.3) is 0 Å². The Morgan fingerprint density at radius 1 is 1.33 bits per heavy atom. The number of ether oxygens (including phenoxy) is 1. The summed E-state index contributed by atoms with van der Waals surface area (Å²) < 4.78 is 5.48. The summed E-state index contributed by atoms with van der Waals surface area (Å²) in [6.07, 6.45) is 2.21. The summed E-state index contributed by atoms with van der Waals surface area (Å²) in [6, 6.07) is 8.06. The molecule has 1 N–H and O–H groups in total. The first-order valence-electron chi connectivity index (χ1n) is 5.59. The van der Waals surface area contributed by atoms with Crippen molar-refractivity contribution in [3.05, 3.63) is 29.8 Å². The van der Waals surface area contributed by atoms with E-state index in [4.69, 9.17) is 9.84 Å². The summed E-state index contributed by atoms with van der Waals surface area (Å²) >= 11 is 0. The largest absolute Gasteiger partial charge is 0.491 e. The summed E-state index contributed by atoms with van der Waals surface area (Å²) in [5.74, 6) is 1.58. The lowest BCUT2D eigenvalue weighted by molar-refractivity contribution is 0.200. The van der Waals surface area contributed by atoms with Crippen molar-refractivity contribution < 1.29 is 9.84 Å². The van der Waals surface area contributed by atoms with Crippen molar-refractivity contribution >= 4 is 0 Å². The fraction of sp³-hybridized carbons (Fsp3) is 0.538. The number of benzene rings is 1. The minimum atomic E-state index is 0.0671. The van der Waals surface area contributed by atoms with Crippen molar-refractivity contribution in [3.63, 3.8) is 0 Å². The van der Waals surface area contributed by atoms with Gasteiger partial charge in [0.2, 0.25) is 0 Å². The lowest BCUT2D eigenvalue weighted by atomic mass is 9.98. The summed E-state index contributed by atoms with van der Waals surface area (Å²) in [7, 11) is 0. The molecular formula is C13H20O2. The highest BCUT2D eigenvalue weighted by Crippen LogP contribution is 2.22. The minimum Gasteiger partial charge on any atom is -0.491 e. The molecule has 0 radical (unpaired) electrons. The van der Waals surface area contributed by atoms with Gasteiger partial charge in [-0.2, -0.15) is 0 Å². The molecule has 0 fully saturated rings. The second kappa shape index (κ2) is 6.46. The first-order valence-corrected chi connectivity index (χ1v) is 5.59. The van der Waals surface area contributed by atoms with E-state index in [0.29, 0.717) is 12.5 Å². The second-order valence-electron chi connectivity index (χ2n) is 3.90. The molecule has 1 aromatic carbocycles. The second-order valence-corrected chi connectivity index (χ2v) is 3.90. The maximum Gasteiger partial charge on any atom is 0.122 e. The van der Waals surface area contributed by atoms with Gasteiger partial charge in [-0.15, -0.1) is 0 Å². The van der Waals surface area contributed by atoms with Gasteiger partial charge < -0.3 is 9.84 Å². The van der Waals surface area contributed by atoms with Gasteiger partial charge in [-0.05, 0) is 24.0 Å². The molecule has 0 aromatic heterocycles. The Hall–Kier alpha value is -1.02. The molecule has 1 rings (SSSR count). The molecule has 15 heavy (non-hydrogen) atoms. The lowest BCUT2D eigenvalue weighted by Gasteiger charge is -2.13. The number of aliphatic hydroxyl groups excluding tert-OH is 1. The van der Waals surface area contributed by atoms with Crippen LogP contribution in [0.4, 0.5) is 0 Å². The van der Waals surface area contributed by atoms with Gasteiger partial charge in [0, 0.05) is 0 Å². The molecule has 0 aliphatic heterocycles. The van der Waals surface area contributed by atoms with Crippen molar-refractivity contribution in [2.24, 2.45) is 5.92 Å². The maximum absolute atomic E-state index is 8.72. The van der Waals surface area contributed by atoms with E-state index in [9.17, 15) is 0 Å². The lowest BCUT2D eigenvalue weighted by Crippen LogP contribution is -2.05. The SMILES string of the molecule is CC[C@H](C)Cc1ccccc1OCCO. The first-order chi connectivity index (χ1) is 7.27. The van der Waals surface area contributed by atoms with Gasteiger partial charge in [0.25, 0.3) is 0 Å². The zero-order valence-corrected chi connectivity index (χ0v) is 9.57. The fourth-order valence-corrected chi connectivity index (χ4v) is 1.49. The van der Waals surface area contributed by atoms with E-state index in [2.05, 4.69) is 19.9 Å². The average molecular weight is 208 g/mol. The van der Waals surface area contributed by atoms with Crippen molar-refractivity contribution in [3.8, 4) is 5.75 Å². The quantitative estimate of drug-likeness (QED) is 0.778. The Balaban J connectivity index is 2.67. The summed E-state index contributed by atoms with van der Waals surface area (Å²) in [6.45, 7) is 4.87. The van der Waals surface area contributed by atoms with Crippen LogP contribution in [0.15, 0.2) is 24.3 Å². The van der Waals surface area contributed by atoms with Gasteiger partial charge in [0.05, 0.1) is 6.61 Å². The molecule has 0 bridgehead atoms. The predicted molar refractivity (Wildman–Crippen MR) is 62.2 cm³/mol. The Morgan fingerprint density at radius 3 is 2.73 bits per heavy atom. The fourth-order valence-electron chi connectivity index (χ4n) is 1.49. The van der Waals surface area contributed by atoms with Crippen LogP contribution in [0.3, 0.4) is 0 Å². The van der Waals surface area contributed by atoms with Gasteiger partial charge in [-0.25, -0.2) is 0 Å². The highest BCUT2D eigenvalue weighted by molar-refractivity contribution is 5.33. The molecule has 1 atom stereocenters. The van der Waals surface area contributed by atoms with Gasteiger partial charge >= 0.3 is 0 Å². The van der Waals surface area contributed by atoms with Crippen molar-refractivity contribution in [2.45, 2.75) is 26.7 Å².